The summed E-state index contributed by atoms with van der Waals surface area (Å²) in [7, 11) is 0. The van der Waals surface area contributed by atoms with E-state index in [9.17, 15) is 10.1 Å². The Morgan fingerprint density at radius 1 is 1.06 bits per heavy atom. The van der Waals surface area contributed by atoms with E-state index in [1.165, 1.54) is 0 Å². The predicted octanol–water partition coefficient (Wildman–Crippen LogP) is 5.16. The predicted molar refractivity (Wildman–Crippen MR) is 121 cm³/mol. The highest BCUT2D eigenvalue weighted by Gasteiger charge is 2.14. The van der Waals surface area contributed by atoms with Gasteiger partial charge in [-0.15, -0.1) is 0 Å². The van der Waals surface area contributed by atoms with E-state index in [-0.39, 0.29) is 12.1 Å². The van der Waals surface area contributed by atoms with Gasteiger partial charge in [0.1, 0.15) is 18.1 Å². The Balaban J connectivity index is 1.88. The zero-order chi connectivity index (χ0) is 22.7. The lowest BCUT2D eigenvalue weighted by atomic mass is 10.1. The van der Waals surface area contributed by atoms with Crippen LogP contribution in [0.2, 0.25) is 0 Å². The smallest absolute Gasteiger partial charge is 0.407 e. The summed E-state index contributed by atoms with van der Waals surface area (Å²) < 4.78 is 16.3. The van der Waals surface area contributed by atoms with E-state index in [0.29, 0.717) is 30.9 Å². The van der Waals surface area contributed by atoms with Gasteiger partial charge in [0.2, 0.25) is 0 Å². The van der Waals surface area contributed by atoms with Crippen molar-refractivity contribution in [2.75, 3.05) is 25.1 Å². The van der Waals surface area contributed by atoms with Gasteiger partial charge in [-0.2, -0.15) is 5.26 Å². The fraction of sp³-hybridized carbons (Fsp3) is 0.333. The molecule has 0 saturated heterocycles. The maximum absolute atomic E-state index is 11.6. The molecule has 0 aliphatic rings. The Morgan fingerprint density at radius 2 is 1.81 bits per heavy atom. The van der Waals surface area contributed by atoms with Crippen molar-refractivity contribution in [3.63, 3.8) is 0 Å². The van der Waals surface area contributed by atoms with Gasteiger partial charge in [0, 0.05) is 29.4 Å². The molecule has 0 fully saturated rings. The molecule has 164 valence electrons. The molecule has 2 aromatic carbocycles. The molecule has 0 heterocycles. The fourth-order valence-corrected chi connectivity index (χ4v) is 2.53. The molecule has 2 aromatic rings. The molecule has 2 rings (SSSR count). The SMILES string of the molecule is C=CCOc1ccc(Nc2cc(C#N)cc(OCCCOC(=O)NC(C)(C)C)c2)cc1. The lowest BCUT2D eigenvalue weighted by molar-refractivity contribution is 0.130. The van der Waals surface area contributed by atoms with E-state index in [0.717, 1.165) is 17.1 Å². The number of benzene rings is 2. The fourth-order valence-electron chi connectivity index (χ4n) is 2.53. The Labute approximate surface area is 183 Å². The number of ether oxygens (including phenoxy) is 3. The zero-order valence-corrected chi connectivity index (χ0v) is 18.2. The second-order valence-electron chi connectivity index (χ2n) is 7.82. The second kappa shape index (κ2) is 11.5. The van der Waals surface area contributed by atoms with Gasteiger partial charge in [-0.05, 0) is 57.2 Å². The maximum Gasteiger partial charge on any atom is 0.407 e. The molecule has 7 heteroatoms. The molecule has 0 unspecified atom stereocenters. The first-order valence-electron chi connectivity index (χ1n) is 10.0. The minimum atomic E-state index is -0.452. The van der Waals surface area contributed by atoms with Crippen LogP contribution in [-0.2, 0) is 4.74 Å². The van der Waals surface area contributed by atoms with Crippen LogP contribution in [0.4, 0.5) is 16.2 Å². The van der Waals surface area contributed by atoms with Gasteiger partial charge in [-0.3, -0.25) is 0 Å². The average Bonchev–Trinajstić information content (AvgIpc) is 2.71. The standard InChI is InChI=1S/C24H29N3O4/c1-5-11-29-21-9-7-19(8-10-21)26-20-14-18(17-25)15-22(16-20)30-12-6-13-31-23(28)27-24(2,3)4/h5,7-10,14-16,26H,1,6,11-13H2,2-4H3,(H,27,28). The molecule has 1 amide bonds. The third kappa shape index (κ3) is 9.13. The summed E-state index contributed by atoms with van der Waals surface area (Å²) in [5.74, 6) is 1.31. The molecule has 0 aliphatic carbocycles. The molecule has 0 aromatic heterocycles. The number of anilines is 2. The zero-order valence-electron chi connectivity index (χ0n) is 18.2. The first-order valence-corrected chi connectivity index (χ1v) is 10.0. The van der Waals surface area contributed by atoms with Gasteiger partial charge in [-0.1, -0.05) is 12.7 Å². The van der Waals surface area contributed by atoms with E-state index in [1.807, 2.05) is 51.1 Å². The van der Waals surface area contributed by atoms with Crippen molar-refractivity contribution >= 4 is 17.5 Å². The first-order chi connectivity index (χ1) is 14.8. The number of nitrogens with one attached hydrogen (secondary N) is 2. The number of carbonyl (C=O) groups excluding carboxylic acids is 1. The molecular formula is C24H29N3O4. The number of carbonyl (C=O) groups is 1. The summed E-state index contributed by atoms with van der Waals surface area (Å²) in [4.78, 5) is 11.6. The van der Waals surface area contributed by atoms with Gasteiger partial charge >= 0.3 is 6.09 Å². The Morgan fingerprint density at radius 3 is 2.45 bits per heavy atom. The van der Waals surface area contributed by atoms with Crippen LogP contribution in [0.3, 0.4) is 0 Å². The van der Waals surface area contributed by atoms with Crippen molar-refractivity contribution in [2.24, 2.45) is 0 Å². The highest BCUT2D eigenvalue weighted by molar-refractivity contribution is 5.68. The lowest BCUT2D eigenvalue weighted by Crippen LogP contribution is -2.41. The third-order valence-corrected chi connectivity index (χ3v) is 3.81. The van der Waals surface area contributed by atoms with Crippen LogP contribution in [0.15, 0.2) is 55.1 Å². The highest BCUT2D eigenvalue weighted by atomic mass is 16.5. The number of nitrogens with zero attached hydrogens (tertiary/aromatic N) is 1. The van der Waals surface area contributed by atoms with E-state index in [1.54, 1.807) is 18.2 Å². The number of rotatable bonds is 10. The quantitative estimate of drug-likeness (QED) is 0.405. The molecule has 0 aliphatic heterocycles. The summed E-state index contributed by atoms with van der Waals surface area (Å²) in [5.41, 5.74) is 1.72. The normalized spacial score (nSPS) is 10.5. The van der Waals surface area contributed by atoms with Crippen molar-refractivity contribution in [1.82, 2.24) is 5.32 Å². The third-order valence-electron chi connectivity index (χ3n) is 3.81. The minimum absolute atomic E-state index is 0.241. The second-order valence-corrected chi connectivity index (χ2v) is 7.82. The summed E-state index contributed by atoms with van der Waals surface area (Å²) >= 11 is 0. The molecule has 0 radical (unpaired) electrons. The van der Waals surface area contributed by atoms with Gasteiger partial charge in [-0.25, -0.2) is 4.79 Å². The van der Waals surface area contributed by atoms with E-state index in [2.05, 4.69) is 23.3 Å². The molecule has 0 bridgehead atoms. The largest absolute Gasteiger partial charge is 0.493 e. The van der Waals surface area contributed by atoms with Crippen LogP contribution < -0.4 is 20.1 Å². The molecule has 0 spiro atoms. The number of hydrogen-bond donors (Lipinski definition) is 2. The monoisotopic (exact) mass is 423 g/mol. The molecule has 2 N–H and O–H groups in total. The maximum atomic E-state index is 11.6. The Kier molecular flexibility index (Phi) is 8.77. The summed E-state index contributed by atoms with van der Waals surface area (Å²) in [6.45, 7) is 10.3. The van der Waals surface area contributed by atoms with Crippen LogP contribution in [0.25, 0.3) is 0 Å². The first kappa shape index (κ1) is 23.6. The number of hydrogen-bond acceptors (Lipinski definition) is 6. The van der Waals surface area contributed by atoms with Gasteiger partial charge in [0.05, 0.1) is 24.8 Å². The van der Waals surface area contributed by atoms with Crippen LogP contribution in [-0.4, -0.2) is 31.5 Å². The van der Waals surface area contributed by atoms with E-state index in [4.69, 9.17) is 14.2 Å². The number of nitriles is 1. The Hall–Kier alpha value is -3.66. The van der Waals surface area contributed by atoms with Gasteiger partial charge in [0.15, 0.2) is 0 Å². The summed E-state index contributed by atoms with van der Waals surface area (Å²) in [6, 6.07) is 14.9. The van der Waals surface area contributed by atoms with Crippen LogP contribution in [0.1, 0.15) is 32.8 Å². The van der Waals surface area contributed by atoms with Crippen molar-refractivity contribution in [3.8, 4) is 17.6 Å². The molecular weight excluding hydrogens is 394 g/mol. The molecule has 0 saturated carbocycles. The van der Waals surface area contributed by atoms with Gasteiger partial charge < -0.3 is 24.8 Å². The van der Waals surface area contributed by atoms with Crippen molar-refractivity contribution in [1.29, 1.82) is 5.26 Å². The van der Waals surface area contributed by atoms with Crippen LogP contribution in [0, 0.1) is 11.3 Å². The molecule has 0 atom stereocenters. The lowest BCUT2D eigenvalue weighted by Gasteiger charge is -2.19. The number of amides is 1. The topological polar surface area (TPSA) is 92.6 Å². The minimum Gasteiger partial charge on any atom is -0.493 e. The van der Waals surface area contributed by atoms with Crippen LogP contribution in [0.5, 0.6) is 11.5 Å². The van der Waals surface area contributed by atoms with E-state index >= 15 is 0 Å². The Bertz CT molecular complexity index is 912. The average molecular weight is 424 g/mol. The van der Waals surface area contributed by atoms with Crippen LogP contribution >= 0.6 is 0 Å². The van der Waals surface area contributed by atoms with Gasteiger partial charge in [0.25, 0.3) is 0 Å². The molecule has 31 heavy (non-hydrogen) atoms. The van der Waals surface area contributed by atoms with Crippen molar-refractivity contribution < 1.29 is 19.0 Å². The van der Waals surface area contributed by atoms with Crippen molar-refractivity contribution in [3.05, 3.63) is 60.7 Å². The number of alkyl carbamates (subject to hydrolysis) is 1. The summed E-state index contributed by atoms with van der Waals surface area (Å²) in [6.07, 6.45) is 1.77. The van der Waals surface area contributed by atoms with E-state index < -0.39 is 6.09 Å². The molecule has 7 nitrogen and oxygen atoms in total. The van der Waals surface area contributed by atoms with Crippen molar-refractivity contribution in [2.45, 2.75) is 32.7 Å². The highest BCUT2D eigenvalue weighted by Crippen LogP contribution is 2.25. The summed E-state index contributed by atoms with van der Waals surface area (Å²) in [5, 5.41) is 15.3.